The van der Waals surface area contributed by atoms with Crippen molar-refractivity contribution in [2.75, 3.05) is 5.32 Å². The van der Waals surface area contributed by atoms with E-state index in [2.05, 4.69) is 20.7 Å². The third-order valence-electron chi connectivity index (χ3n) is 2.94. The lowest BCUT2D eigenvalue weighted by Crippen LogP contribution is -2.36. The van der Waals surface area contributed by atoms with Gasteiger partial charge >= 0.3 is 0 Å². The third-order valence-corrected chi connectivity index (χ3v) is 2.94. The minimum atomic E-state index is -0.129. The van der Waals surface area contributed by atoms with Crippen LogP contribution in [-0.2, 0) is 17.9 Å². The third kappa shape index (κ3) is 6.99. The molecule has 7 nitrogen and oxygen atoms in total. The zero-order valence-corrected chi connectivity index (χ0v) is 16.1. The van der Waals surface area contributed by atoms with E-state index in [1.54, 1.807) is 23.1 Å². The number of anilines is 1. The van der Waals surface area contributed by atoms with Crippen LogP contribution in [0.25, 0.3) is 0 Å². The lowest BCUT2D eigenvalue weighted by Gasteiger charge is -2.09. The molecule has 2 aromatic rings. The molecule has 0 spiro atoms. The van der Waals surface area contributed by atoms with Crippen LogP contribution >= 0.6 is 24.0 Å². The minimum Gasteiger partial charge on any atom is -0.370 e. The maximum absolute atomic E-state index is 11.9. The Labute approximate surface area is 158 Å². The second kappa shape index (κ2) is 9.91. The maximum atomic E-state index is 11.9. The summed E-state index contributed by atoms with van der Waals surface area (Å²) in [6.07, 6.45) is 3.39. The van der Waals surface area contributed by atoms with Crippen molar-refractivity contribution in [3.8, 4) is 0 Å². The van der Waals surface area contributed by atoms with Crippen LogP contribution in [0, 0.1) is 0 Å². The van der Waals surface area contributed by atoms with E-state index in [0.29, 0.717) is 12.5 Å². The van der Waals surface area contributed by atoms with Crippen molar-refractivity contribution in [2.45, 2.75) is 33.0 Å². The van der Waals surface area contributed by atoms with Crippen molar-refractivity contribution in [3.05, 3.63) is 48.3 Å². The molecule has 0 aliphatic carbocycles. The molecule has 0 aliphatic rings. The molecule has 1 amide bonds. The Morgan fingerprint density at radius 2 is 2.17 bits per heavy atom. The van der Waals surface area contributed by atoms with Crippen molar-refractivity contribution in [2.24, 2.45) is 10.7 Å². The number of hydrogen-bond donors (Lipinski definition) is 3. The number of nitrogens with zero attached hydrogens (tertiary/aromatic N) is 3. The monoisotopic (exact) mass is 442 g/mol. The van der Waals surface area contributed by atoms with Gasteiger partial charge in [-0.1, -0.05) is 12.1 Å². The second-order valence-corrected chi connectivity index (χ2v) is 5.45. The average molecular weight is 442 g/mol. The van der Waals surface area contributed by atoms with E-state index in [9.17, 15) is 4.79 Å². The van der Waals surface area contributed by atoms with Crippen LogP contribution in [0.3, 0.4) is 0 Å². The van der Waals surface area contributed by atoms with Crippen molar-refractivity contribution < 1.29 is 4.79 Å². The molecule has 0 fully saturated rings. The number of amides is 1. The van der Waals surface area contributed by atoms with E-state index < -0.39 is 0 Å². The van der Waals surface area contributed by atoms with Crippen molar-refractivity contribution in [1.29, 1.82) is 0 Å². The van der Waals surface area contributed by atoms with Gasteiger partial charge in [0.15, 0.2) is 5.96 Å². The number of aliphatic imine (C=N–C) groups is 1. The Morgan fingerprint density at radius 1 is 1.38 bits per heavy atom. The van der Waals surface area contributed by atoms with Crippen molar-refractivity contribution in [1.82, 2.24) is 15.1 Å². The van der Waals surface area contributed by atoms with Crippen molar-refractivity contribution >= 4 is 41.5 Å². The number of nitrogens with two attached hydrogens (primary N) is 1. The number of hydrogen-bond acceptors (Lipinski definition) is 3. The van der Waals surface area contributed by atoms with Gasteiger partial charge in [-0.3, -0.25) is 9.48 Å². The topological polar surface area (TPSA) is 97.3 Å². The summed E-state index contributed by atoms with van der Waals surface area (Å²) in [5.41, 5.74) is 7.47. The molecule has 0 radical (unpaired) electrons. The van der Waals surface area contributed by atoms with Crippen LogP contribution in [-0.4, -0.2) is 27.7 Å². The molecule has 0 aliphatic heterocycles. The maximum Gasteiger partial charge on any atom is 0.246 e. The smallest absolute Gasteiger partial charge is 0.246 e. The summed E-state index contributed by atoms with van der Waals surface area (Å²) in [7, 11) is 0. The molecular weight excluding hydrogens is 419 g/mol. The molecule has 0 bridgehead atoms. The van der Waals surface area contributed by atoms with Crippen molar-refractivity contribution in [3.63, 3.8) is 0 Å². The molecule has 0 saturated carbocycles. The molecule has 0 atom stereocenters. The van der Waals surface area contributed by atoms with Gasteiger partial charge in [0.05, 0.1) is 6.54 Å². The fourth-order valence-electron chi connectivity index (χ4n) is 2.01. The van der Waals surface area contributed by atoms with Gasteiger partial charge in [-0.2, -0.15) is 5.10 Å². The number of halogens is 1. The molecule has 130 valence electrons. The molecule has 0 unspecified atom stereocenters. The Bertz CT molecular complexity index is 669. The van der Waals surface area contributed by atoms with Gasteiger partial charge in [0.2, 0.25) is 5.91 Å². The lowest BCUT2D eigenvalue weighted by molar-refractivity contribution is -0.116. The second-order valence-electron chi connectivity index (χ2n) is 5.45. The van der Waals surface area contributed by atoms with Gasteiger partial charge in [-0.25, -0.2) is 4.99 Å². The molecular formula is C16H23IN6O. The standard InChI is InChI=1S/C16H22N6O.HI/c1-12(2)20-16(17)18-10-13-5-3-6-14(9-13)21-15(23)11-22-8-4-7-19-22;/h3-9,12H,10-11H2,1-2H3,(H,21,23)(H3,17,18,20);1H. The summed E-state index contributed by atoms with van der Waals surface area (Å²) >= 11 is 0. The molecule has 0 saturated heterocycles. The van der Waals surface area contributed by atoms with Gasteiger partial charge in [-0.15, -0.1) is 24.0 Å². The van der Waals surface area contributed by atoms with Gasteiger partial charge < -0.3 is 16.4 Å². The fourth-order valence-corrected chi connectivity index (χ4v) is 2.01. The largest absolute Gasteiger partial charge is 0.370 e. The number of benzene rings is 1. The first-order chi connectivity index (χ1) is 11.0. The minimum absolute atomic E-state index is 0. The Morgan fingerprint density at radius 3 is 2.83 bits per heavy atom. The summed E-state index contributed by atoms with van der Waals surface area (Å²) in [5.74, 6) is 0.281. The first-order valence-corrected chi connectivity index (χ1v) is 7.45. The SMILES string of the molecule is CC(C)NC(N)=NCc1cccc(NC(=O)Cn2cccn2)c1.I. The average Bonchev–Trinajstić information content (AvgIpc) is 2.97. The van der Waals surface area contributed by atoms with E-state index >= 15 is 0 Å². The summed E-state index contributed by atoms with van der Waals surface area (Å²) in [4.78, 5) is 16.2. The summed E-state index contributed by atoms with van der Waals surface area (Å²) in [5, 5.41) is 9.88. The molecule has 24 heavy (non-hydrogen) atoms. The predicted molar refractivity (Wildman–Crippen MR) is 106 cm³/mol. The number of guanidine groups is 1. The fraction of sp³-hybridized carbons (Fsp3) is 0.312. The predicted octanol–water partition coefficient (Wildman–Crippen LogP) is 1.95. The van der Waals surface area contributed by atoms with Crippen LogP contribution in [0.1, 0.15) is 19.4 Å². The molecule has 4 N–H and O–H groups in total. The Balaban J connectivity index is 0.00000288. The summed E-state index contributed by atoms with van der Waals surface area (Å²) in [6, 6.07) is 9.56. The molecule has 1 aromatic carbocycles. The lowest BCUT2D eigenvalue weighted by atomic mass is 10.2. The molecule has 1 aromatic heterocycles. The number of carbonyl (C=O) groups is 1. The zero-order chi connectivity index (χ0) is 16.7. The Kier molecular flexibility index (Phi) is 8.24. The van der Waals surface area contributed by atoms with E-state index in [4.69, 9.17) is 5.73 Å². The van der Waals surface area contributed by atoms with E-state index in [-0.39, 0.29) is 42.5 Å². The highest BCUT2D eigenvalue weighted by Gasteiger charge is 2.04. The highest BCUT2D eigenvalue weighted by Crippen LogP contribution is 2.11. The van der Waals surface area contributed by atoms with Gasteiger partial charge in [0.1, 0.15) is 6.54 Å². The molecule has 8 heteroatoms. The summed E-state index contributed by atoms with van der Waals surface area (Å²) in [6.45, 7) is 4.63. The van der Waals surface area contributed by atoms with Gasteiger partial charge in [0.25, 0.3) is 0 Å². The number of carbonyl (C=O) groups excluding carboxylic acids is 1. The summed E-state index contributed by atoms with van der Waals surface area (Å²) < 4.78 is 1.57. The normalized spacial score (nSPS) is 11.0. The van der Waals surface area contributed by atoms with Crippen LogP contribution in [0.4, 0.5) is 5.69 Å². The van der Waals surface area contributed by atoms with E-state index in [1.165, 1.54) is 0 Å². The van der Waals surface area contributed by atoms with Crippen LogP contribution < -0.4 is 16.4 Å². The first kappa shape index (κ1) is 19.9. The number of rotatable bonds is 6. The zero-order valence-electron chi connectivity index (χ0n) is 13.8. The van der Waals surface area contributed by atoms with E-state index in [1.807, 2.05) is 38.1 Å². The van der Waals surface area contributed by atoms with E-state index in [0.717, 1.165) is 11.3 Å². The van der Waals surface area contributed by atoms with Gasteiger partial charge in [0, 0.05) is 24.1 Å². The Hall–Kier alpha value is -2.10. The van der Waals surface area contributed by atoms with Gasteiger partial charge in [-0.05, 0) is 37.6 Å². The first-order valence-electron chi connectivity index (χ1n) is 7.45. The highest BCUT2D eigenvalue weighted by molar-refractivity contribution is 14.0. The number of aromatic nitrogens is 2. The molecule has 1 heterocycles. The highest BCUT2D eigenvalue weighted by atomic mass is 127. The molecule has 2 rings (SSSR count). The number of nitrogens with one attached hydrogen (secondary N) is 2. The van der Waals surface area contributed by atoms with Crippen LogP contribution in [0.2, 0.25) is 0 Å². The van der Waals surface area contributed by atoms with Crippen LogP contribution in [0.5, 0.6) is 0 Å². The quantitative estimate of drug-likeness (QED) is 0.362. The van der Waals surface area contributed by atoms with Crippen LogP contribution in [0.15, 0.2) is 47.7 Å².